The summed E-state index contributed by atoms with van der Waals surface area (Å²) in [6.07, 6.45) is 1.85. The third kappa shape index (κ3) is 5.23. The largest absolute Gasteiger partial charge is 0.496 e. The molecule has 0 spiro atoms. The molecule has 9 atom stereocenters. The Balaban J connectivity index is 1.20. The summed E-state index contributed by atoms with van der Waals surface area (Å²) in [5, 5.41) is 21.7. The number of aromatic nitrogens is 1. The van der Waals surface area contributed by atoms with E-state index in [1.165, 1.54) is 0 Å². The molecule has 3 fully saturated rings. The number of rotatable bonds is 5. The van der Waals surface area contributed by atoms with Gasteiger partial charge in [-0.15, -0.1) is 0 Å². The monoisotopic (exact) mass is 704 g/mol. The number of fused-ring (bicyclic) bond motifs is 6. The van der Waals surface area contributed by atoms with Crippen molar-refractivity contribution in [2.24, 2.45) is 22.7 Å². The number of ether oxygens (including phenoxy) is 5. The number of carbonyl (C=O) groups is 1. The smallest absolute Gasteiger partial charge is 0.345 e. The molecular formula is C41H40N2O9. The lowest BCUT2D eigenvalue weighted by atomic mass is 9.42. The summed E-state index contributed by atoms with van der Waals surface area (Å²) in [6, 6.07) is 21.1. The topological polar surface area (TPSA) is 150 Å². The van der Waals surface area contributed by atoms with Crippen LogP contribution in [0.1, 0.15) is 79.5 Å². The van der Waals surface area contributed by atoms with Gasteiger partial charge in [0.05, 0.1) is 43.1 Å². The molecule has 2 aliphatic carbocycles. The number of nitrogens with zero attached hydrogens (tertiary/aromatic N) is 2. The maximum absolute atomic E-state index is 13.9. The fraction of sp³-hybridized carbons (Fsp3) is 0.415. The lowest BCUT2D eigenvalue weighted by Crippen LogP contribution is -2.71. The number of methoxy groups -OCH3 is 1. The third-order valence-electron chi connectivity index (χ3n) is 12.3. The average Bonchev–Trinajstić information content (AvgIpc) is 3.15. The highest BCUT2D eigenvalue weighted by molar-refractivity contribution is 5.89. The molecule has 2 aliphatic heterocycles. The van der Waals surface area contributed by atoms with E-state index in [9.17, 15) is 20.0 Å². The van der Waals surface area contributed by atoms with Gasteiger partial charge in [0.25, 0.3) is 0 Å². The van der Waals surface area contributed by atoms with E-state index in [0.717, 1.165) is 5.56 Å². The molecule has 4 aromatic rings. The van der Waals surface area contributed by atoms with Crippen molar-refractivity contribution >= 4 is 5.97 Å². The van der Waals surface area contributed by atoms with E-state index >= 15 is 0 Å². The maximum Gasteiger partial charge on any atom is 0.345 e. The number of pyridine rings is 1. The van der Waals surface area contributed by atoms with Crippen molar-refractivity contribution in [3.63, 3.8) is 0 Å². The second-order valence-corrected chi connectivity index (χ2v) is 15.1. The third-order valence-corrected chi connectivity index (χ3v) is 12.3. The van der Waals surface area contributed by atoms with E-state index < -0.39 is 52.4 Å². The van der Waals surface area contributed by atoms with Crippen molar-refractivity contribution in [2.45, 2.75) is 70.2 Å². The fourth-order valence-electron chi connectivity index (χ4n) is 9.76. The van der Waals surface area contributed by atoms with Gasteiger partial charge in [-0.05, 0) is 80.0 Å². The second-order valence-electron chi connectivity index (χ2n) is 15.1. The zero-order valence-corrected chi connectivity index (χ0v) is 29.4. The molecule has 0 bridgehead atoms. The highest BCUT2D eigenvalue weighted by atomic mass is 16.7. The maximum atomic E-state index is 13.9. The molecule has 1 saturated heterocycles. The normalized spacial score (nSPS) is 33.2. The van der Waals surface area contributed by atoms with Crippen LogP contribution in [0, 0.1) is 34.0 Å². The standard InChI is InChI=1S/C41H40N2O9/c1-39-16-15-31-40(2,22-48-38(51-31)26-9-5-6-10-27(26)47-4)30(39)19-32(50-36(45)24-13-11-23(20-42)12-14-24)41(3)35(39)34(44)33-29(52-41)18-28(49-37(33)46)25-8-7-17-43-21-25/h5-14,17-18,21,30-32,34-35,38,44H,15-16,19,22H2,1-4H3/t30?,31-,32-,34-,35?,38+,39-,40?,41+/m0/s1. The van der Waals surface area contributed by atoms with Gasteiger partial charge >= 0.3 is 11.6 Å². The molecule has 11 heteroatoms. The fourth-order valence-corrected chi connectivity index (χ4v) is 9.76. The van der Waals surface area contributed by atoms with Gasteiger partial charge < -0.3 is 33.2 Å². The van der Waals surface area contributed by atoms with Gasteiger partial charge in [0.1, 0.15) is 34.5 Å². The van der Waals surface area contributed by atoms with E-state index in [2.05, 4.69) is 24.9 Å². The summed E-state index contributed by atoms with van der Waals surface area (Å²) in [7, 11) is 1.62. The van der Waals surface area contributed by atoms with Crippen molar-refractivity contribution in [1.29, 1.82) is 5.26 Å². The Kier molecular flexibility index (Phi) is 8.25. The van der Waals surface area contributed by atoms with E-state index in [-0.39, 0.29) is 34.7 Å². The van der Waals surface area contributed by atoms with Crippen LogP contribution in [0.4, 0.5) is 0 Å². The molecule has 0 radical (unpaired) electrons. The second kappa shape index (κ2) is 12.6. The van der Waals surface area contributed by atoms with Crippen LogP contribution in [0.3, 0.4) is 0 Å². The first kappa shape index (κ1) is 34.1. The Labute approximate surface area is 301 Å². The summed E-state index contributed by atoms with van der Waals surface area (Å²) in [4.78, 5) is 31.7. The first-order valence-electron chi connectivity index (χ1n) is 17.6. The first-order chi connectivity index (χ1) is 25.0. The number of benzene rings is 2. The Morgan fingerprint density at radius 3 is 2.58 bits per heavy atom. The Morgan fingerprint density at radius 2 is 1.85 bits per heavy atom. The Morgan fingerprint density at radius 1 is 1.06 bits per heavy atom. The number of aliphatic hydroxyl groups is 1. The number of hydrogen-bond donors (Lipinski definition) is 1. The van der Waals surface area contributed by atoms with E-state index in [4.69, 9.17) is 28.1 Å². The molecule has 2 aromatic carbocycles. The summed E-state index contributed by atoms with van der Waals surface area (Å²) < 4.78 is 37.9. The van der Waals surface area contributed by atoms with Crippen LogP contribution in [0.5, 0.6) is 11.5 Å². The lowest BCUT2D eigenvalue weighted by Gasteiger charge is -2.67. The average molecular weight is 705 g/mol. The number of hydrogen-bond acceptors (Lipinski definition) is 11. The number of carbonyl (C=O) groups excluding carboxylic acids is 1. The van der Waals surface area contributed by atoms with Crippen LogP contribution in [0.25, 0.3) is 11.3 Å². The van der Waals surface area contributed by atoms with Crippen LogP contribution in [0.15, 0.2) is 88.3 Å². The van der Waals surface area contributed by atoms with Crippen molar-refractivity contribution in [3.05, 3.63) is 112 Å². The van der Waals surface area contributed by atoms with Crippen LogP contribution in [0.2, 0.25) is 0 Å². The molecule has 2 aromatic heterocycles. The van der Waals surface area contributed by atoms with Gasteiger partial charge in [0, 0.05) is 40.9 Å². The molecule has 0 amide bonds. The molecule has 4 heterocycles. The zero-order valence-electron chi connectivity index (χ0n) is 29.4. The summed E-state index contributed by atoms with van der Waals surface area (Å²) in [6.45, 7) is 6.47. The molecule has 4 aliphatic rings. The van der Waals surface area contributed by atoms with Gasteiger partial charge in [-0.2, -0.15) is 5.26 Å². The van der Waals surface area contributed by atoms with Gasteiger partial charge in [-0.1, -0.05) is 32.0 Å². The minimum atomic E-state index is -1.30. The quantitative estimate of drug-likeness (QED) is 0.225. The van der Waals surface area contributed by atoms with Crippen LogP contribution in [-0.2, 0) is 14.2 Å². The predicted octanol–water partition coefficient (Wildman–Crippen LogP) is 6.55. The Hall–Kier alpha value is -5.02. The van der Waals surface area contributed by atoms with Crippen LogP contribution in [-0.4, -0.2) is 47.6 Å². The number of para-hydroxylation sites is 1. The molecular weight excluding hydrogens is 664 g/mol. The van der Waals surface area contributed by atoms with Gasteiger partial charge in [0.2, 0.25) is 0 Å². The number of aliphatic hydroxyl groups excluding tert-OH is 1. The summed E-state index contributed by atoms with van der Waals surface area (Å²) >= 11 is 0. The highest BCUT2D eigenvalue weighted by Gasteiger charge is 2.71. The van der Waals surface area contributed by atoms with Crippen molar-refractivity contribution in [1.82, 2.24) is 4.98 Å². The molecule has 268 valence electrons. The molecule has 2 saturated carbocycles. The molecule has 8 rings (SSSR count). The zero-order chi connectivity index (χ0) is 36.4. The highest BCUT2D eigenvalue weighted by Crippen LogP contribution is 2.68. The first-order valence-corrected chi connectivity index (χ1v) is 17.6. The number of esters is 1. The Bertz CT molecular complexity index is 2110. The van der Waals surface area contributed by atoms with E-state index in [1.54, 1.807) is 62.0 Å². The predicted molar refractivity (Wildman–Crippen MR) is 186 cm³/mol. The van der Waals surface area contributed by atoms with Gasteiger partial charge in [0.15, 0.2) is 6.29 Å². The van der Waals surface area contributed by atoms with Crippen LogP contribution >= 0.6 is 0 Å². The van der Waals surface area contributed by atoms with Crippen molar-refractivity contribution in [2.75, 3.05) is 13.7 Å². The molecule has 52 heavy (non-hydrogen) atoms. The minimum absolute atomic E-state index is 0.0359. The molecule has 3 unspecified atom stereocenters. The lowest BCUT2D eigenvalue weighted by molar-refractivity contribution is -0.330. The summed E-state index contributed by atoms with van der Waals surface area (Å²) in [5.41, 5.74) is -1.05. The van der Waals surface area contributed by atoms with E-state index in [0.29, 0.717) is 42.7 Å². The minimum Gasteiger partial charge on any atom is -0.496 e. The van der Waals surface area contributed by atoms with Crippen LogP contribution < -0.4 is 15.1 Å². The molecule has 11 nitrogen and oxygen atoms in total. The van der Waals surface area contributed by atoms with Crippen molar-refractivity contribution in [3.8, 4) is 28.9 Å². The van der Waals surface area contributed by atoms with Gasteiger partial charge in [-0.3, -0.25) is 4.98 Å². The summed E-state index contributed by atoms with van der Waals surface area (Å²) in [5.74, 6) is -0.391. The molecule has 1 N–H and O–H groups in total. The van der Waals surface area contributed by atoms with Gasteiger partial charge in [-0.25, -0.2) is 9.59 Å². The SMILES string of the molecule is COc1ccccc1[C@@H]1OCC2(C)C3C[C@H](OC(=O)c4ccc(C#N)cc4)[C@@]4(C)Oc5cc(-c6cccnc6)oc(=O)c5[C@H](O)C4[C@@]3(C)CC[C@@H]2O1. The van der Waals surface area contributed by atoms with Crippen molar-refractivity contribution < 1.29 is 38.0 Å². The van der Waals surface area contributed by atoms with E-state index in [1.807, 2.05) is 31.2 Å². The number of nitriles is 1.